The van der Waals surface area contributed by atoms with Crippen LogP contribution in [-0.4, -0.2) is 25.8 Å². The second-order valence-electron chi connectivity index (χ2n) is 6.68. The van der Waals surface area contributed by atoms with Gasteiger partial charge in [-0.15, -0.1) is 0 Å². The molecule has 1 saturated carbocycles. The SMILES string of the molecule is COCC(NC1CCCC(C(C)C)CC1)C(C)C. The van der Waals surface area contributed by atoms with Crippen molar-refractivity contribution in [2.24, 2.45) is 17.8 Å². The second kappa shape index (κ2) is 8.16. The standard InChI is InChI=1S/C16H33NO/c1-12(2)14-7-6-8-15(10-9-14)17-16(11-18-5)13(3)4/h12-17H,6-11H2,1-5H3. The minimum absolute atomic E-state index is 0.510. The van der Waals surface area contributed by atoms with Gasteiger partial charge in [0.05, 0.1) is 6.61 Å². The Morgan fingerprint density at radius 3 is 2.33 bits per heavy atom. The van der Waals surface area contributed by atoms with Gasteiger partial charge in [0.2, 0.25) is 0 Å². The van der Waals surface area contributed by atoms with Crippen LogP contribution in [0.15, 0.2) is 0 Å². The van der Waals surface area contributed by atoms with Crippen LogP contribution in [0.3, 0.4) is 0 Å². The molecule has 0 spiro atoms. The number of rotatable bonds is 6. The van der Waals surface area contributed by atoms with Crippen LogP contribution in [0.5, 0.6) is 0 Å². The van der Waals surface area contributed by atoms with Crippen LogP contribution in [0.4, 0.5) is 0 Å². The summed E-state index contributed by atoms with van der Waals surface area (Å²) in [6.45, 7) is 10.1. The molecular formula is C16H33NO. The van der Waals surface area contributed by atoms with Crippen LogP contribution in [0.25, 0.3) is 0 Å². The summed E-state index contributed by atoms with van der Waals surface area (Å²) in [5, 5.41) is 3.83. The smallest absolute Gasteiger partial charge is 0.0618 e. The summed E-state index contributed by atoms with van der Waals surface area (Å²) in [7, 11) is 1.80. The van der Waals surface area contributed by atoms with E-state index >= 15 is 0 Å². The monoisotopic (exact) mass is 255 g/mol. The Kier molecular flexibility index (Phi) is 7.25. The van der Waals surface area contributed by atoms with Crippen molar-refractivity contribution in [2.75, 3.05) is 13.7 Å². The van der Waals surface area contributed by atoms with Gasteiger partial charge in [0, 0.05) is 19.2 Å². The summed E-state index contributed by atoms with van der Waals surface area (Å²) in [6, 6.07) is 1.21. The Balaban J connectivity index is 2.42. The summed E-state index contributed by atoms with van der Waals surface area (Å²) in [4.78, 5) is 0. The molecule has 18 heavy (non-hydrogen) atoms. The van der Waals surface area contributed by atoms with E-state index in [0.29, 0.717) is 18.0 Å². The van der Waals surface area contributed by atoms with Gasteiger partial charge in [0.15, 0.2) is 0 Å². The van der Waals surface area contributed by atoms with Gasteiger partial charge < -0.3 is 10.1 Å². The zero-order valence-corrected chi connectivity index (χ0v) is 13.0. The van der Waals surface area contributed by atoms with Gasteiger partial charge >= 0.3 is 0 Å². The Labute approximate surface area is 114 Å². The maximum atomic E-state index is 5.33. The first-order valence-electron chi connectivity index (χ1n) is 7.79. The van der Waals surface area contributed by atoms with Gasteiger partial charge in [0.25, 0.3) is 0 Å². The van der Waals surface area contributed by atoms with Crippen LogP contribution >= 0.6 is 0 Å². The average Bonchev–Trinajstić information content (AvgIpc) is 2.54. The normalized spacial score (nSPS) is 27.5. The van der Waals surface area contributed by atoms with Gasteiger partial charge in [-0.05, 0) is 37.0 Å². The predicted molar refractivity (Wildman–Crippen MR) is 78.8 cm³/mol. The van der Waals surface area contributed by atoms with Crippen LogP contribution < -0.4 is 5.32 Å². The molecule has 0 aromatic rings. The van der Waals surface area contributed by atoms with Crippen LogP contribution in [0.2, 0.25) is 0 Å². The Bertz CT molecular complexity index is 215. The third-order valence-corrected chi connectivity index (χ3v) is 4.56. The van der Waals surface area contributed by atoms with E-state index in [9.17, 15) is 0 Å². The molecule has 0 aliphatic heterocycles. The van der Waals surface area contributed by atoms with Crippen LogP contribution in [0.1, 0.15) is 59.8 Å². The highest BCUT2D eigenvalue weighted by atomic mass is 16.5. The largest absolute Gasteiger partial charge is 0.383 e. The molecule has 0 bridgehead atoms. The van der Waals surface area contributed by atoms with Gasteiger partial charge in [0.1, 0.15) is 0 Å². The van der Waals surface area contributed by atoms with Crippen LogP contribution in [0, 0.1) is 17.8 Å². The number of hydrogen-bond acceptors (Lipinski definition) is 2. The minimum atomic E-state index is 0.510. The topological polar surface area (TPSA) is 21.3 Å². The van der Waals surface area contributed by atoms with Gasteiger partial charge in [-0.3, -0.25) is 0 Å². The predicted octanol–water partition coefficient (Wildman–Crippen LogP) is 3.85. The number of nitrogens with one attached hydrogen (secondary N) is 1. The number of hydrogen-bond donors (Lipinski definition) is 1. The second-order valence-corrected chi connectivity index (χ2v) is 6.68. The van der Waals surface area contributed by atoms with E-state index in [1.807, 2.05) is 0 Å². The fraction of sp³-hybridized carbons (Fsp3) is 1.00. The van der Waals surface area contributed by atoms with Gasteiger partial charge in [-0.2, -0.15) is 0 Å². The third-order valence-electron chi connectivity index (χ3n) is 4.56. The van der Waals surface area contributed by atoms with Crippen molar-refractivity contribution in [3.8, 4) is 0 Å². The van der Waals surface area contributed by atoms with Crippen molar-refractivity contribution in [3.05, 3.63) is 0 Å². The molecule has 2 nitrogen and oxygen atoms in total. The van der Waals surface area contributed by atoms with Crippen molar-refractivity contribution in [2.45, 2.75) is 71.9 Å². The molecular weight excluding hydrogens is 222 g/mol. The summed E-state index contributed by atoms with van der Waals surface area (Å²) >= 11 is 0. The molecule has 1 N–H and O–H groups in total. The average molecular weight is 255 g/mol. The summed E-state index contributed by atoms with van der Waals surface area (Å²) < 4.78 is 5.33. The lowest BCUT2D eigenvalue weighted by Crippen LogP contribution is -2.44. The maximum absolute atomic E-state index is 5.33. The van der Waals surface area contributed by atoms with Gasteiger partial charge in [-0.1, -0.05) is 40.5 Å². The van der Waals surface area contributed by atoms with E-state index in [0.717, 1.165) is 18.4 Å². The molecule has 1 aliphatic rings. The van der Waals surface area contributed by atoms with Crippen molar-refractivity contribution in [1.29, 1.82) is 0 Å². The Hall–Kier alpha value is -0.0800. The molecule has 0 saturated heterocycles. The fourth-order valence-electron chi connectivity index (χ4n) is 3.08. The zero-order chi connectivity index (χ0) is 13.5. The molecule has 3 unspecified atom stereocenters. The Morgan fingerprint density at radius 2 is 1.78 bits per heavy atom. The quantitative estimate of drug-likeness (QED) is 0.728. The van der Waals surface area contributed by atoms with E-state index < -0.39 is 0 Å². The Morgan fingerprint density at radius 1 is 1.06 bits per heavy atom. The third kappa shape index (κ3) is 5.27. The lowest BCUT2D eigenvalue weighted by atomic mass is 9.89. The van der Waals surface area contributed by atoms with Crippen LogP contribution in [-0.2, 0) is 4.74 Å². The van der Waals surface area contributed by atoms with E-state index in [2.05, 4.69) is 33.0 Å². The highest BCUT2D eigenvalue weighted by molar-refractivity contribution is 4.81. The van der Waals surface area contributed by atoms with Crippen molar-refractivity contribution in [3.63, 3.8) is 0 Å². The fourth-order valence-corrected chi connectivity index (χ4v) is 3.08. The first-order valence-corrected chi connectivity index (χ1v) is 7.79. The van der Waals surface area contributed by atoms with Gasteiger partial charge in [-0.25, -0.2) is 0 Å². The van der Waals surface area contributed by atoms with Crippen molar-refractivity contribution < 1.29 is 4.74 Å². The highest BCUT2D eigenvalue weighted by Gasteiger charge is 2.23. The summed E-state index contributed by atoms with van der Waals surface area (Å²) in [5.74, 6) is 2.44. The maximum Gasteiger partial charge on any atom is 0.0618 e. The van der Waals surface area contributed by atoms with Crippen molar-refractivity contribution in [1.82, 2.24) is 5.32 Å². The molecule has 108 valence electrons. The molecule has 0 aromatic heterocycles. The van der Waals surface area contributed by atoms with Crippen molar-refractivity contribution >= 4 is 0 Å². The lowest BCUT2D eigenvalue weighted by molar-refractivity contribution is 0.138. The molecule has 0 amide bonds. The minimum Gasteiger partial charge on any atom is -0.383 e. The summed E-state index contributed by atoms with van der Waals surface area (Å²) in [5.41, 5.74) is 0. The molecule has 0 radical (unpaired) electrons. The van der Waals surface area contributed by atoms with E-state index in [4.69, 9.17) is 4.74 Å². The summed E-state index contributed by atoms with van der Waals surface area (Å²) in [6.07, 6.45) is 6.89. The molecule has 0 aromatic carbocycles. The molecule has 2 heteroatoms. The first kappa shape index (κ1) is 16.0. The zero-order valence-electron chi connectivity index (χ0n) is 13.0. The molecule has 1 fully saturated rings. The number of methoxy groups -OCH3 is 1. The first-order chi connectivity index (χ1) is 8.54. The molecule has 1 rings (SSSR count). The highest BCUT2D eigenvalue weighted by Crippen LogP contribution is 2.29. The molecule has 3 atom stereocenters. The molecule has 0 heterocycles. The lowest BCUT2D eigenvalue weighted by Gasteiger charge is -2.27. The van der Waals surface area contributed by atoms with E-state index in [1.54, 1.807) is 7.11 Å². The number of ether oxygens (including phenoxy) is 1. The van der Waals surface area contributed by atoms with E-state index in [1.165, 1.54) is 32.1 Å². The van der Waals surface area contributed by atoms with E-state index in [-0.39, 0.29) is 0 Å². The molecule has 1 aliphatic carbocycles.